The summed E-state index contributed by atoms with van der Waals surface area (Å²) in [5.74, 6) is -1.02. The minimum Gasteiger partial charge on any atom is -0.507 e. The monoisotopic (exact) mass is 442 g/mol. The number of carbonyl (C=O) groups excluding carboxylic acids is 2. The fourth-order valence-electron chi connectivity index (χ4n) is 3.99. The highest BCUT2D eigenvalue weighted by atomic mass is 16.5. The molecule has 33 heavy (non-hydrogen) atoms. The largest absolute Gasteiger partial charge is 0.507 e. The fourth-order valence-corrected chi connectivity index (χ4v) is 3.99. The Morgan fingerprint density at radius 1 is 0.939 bits per heavy atom. The standard InChI is InChI=1S/C27H26N2O4/c1-27(2,3)19-7-9-20(10-8-19)29-23(17-13-15-28-16-14-17)22(25(31)26(29)32)24(30)18-5-11-21(33-4)12-6-18/h5-16,23,30H,1-4H3/b24-22+. The van der Waals surface area contributed by atoms with Gasteiger partial charge in [-0.3, -0.25) is 19.5 Å². The molecule has 6 heteroatoms. The van der Waals surface area contributed by atoms with Crippen molar-refractivity contribution in [2.75, 3.05) is 12.0 Å². The number of rotatable bonds is 4. The number of aliphatic hydroxyl groups is 1. The second kappa shape index (κ2) is 8.54. The van der Waals surface area contributed by atoms with Crippen molar-refractivity contribution in [3.05, 3.63) is 95.3 Å². The Morgan fingerprint density at radius 3 is 2.09 bits per heavy atom. The van der Waals surface area contributed by atoms with E-state index in [2.05, 4.69) is 25.8 Å². The van der Waals surface area contributed by atoms with E-state index < -0.39 is 17.7 Å². The van der Waals surface area contributed by atoms with E-state index in [0.29, 0.717) is 22.6 Å². The Bertz CT molecular complexity index is 1210. The molecule has 0 spiro atoms. The Kier molecular flexibility index (Phi) is 5.77. The molecule has 1 saturated heterocycles. The molecule has 1 amide bonds. The minimum absolute atomic E-state index is 0.0382. The molecule has 1 unspecified atom stereocenters. The number of benzene rings is 2. The van der Waals surface area contributed by atoms with Crippen molar-refractivity contribution in [2.45, 2.75) is 32.2 Å². The Labute approximate surface area is 193 Å². The highest BCUT2D eigenvalue weighted by Gasteiger charge is 2.47. The fraction of sp³-hybridized carbons (Fsp3) is 0.222. The molecular weight excluding hydrogens is 416 g/mol. The van der Waals surface area contributed by atoms with Gasteiger partial charge >= 0.3 is 0 Å². The third-order valence-electron chi connectivity index (χ3n) is 5.84. The van der Waals surface area contributed by atoms with Crippen LogP contribution in [0.1, 0.15) is 43.5 Å². The van der Waals surface area contributed by atoms with Crippen molar-refractivity contribution < 1.29 is 19.4 Å². The second-order valence-corrected chi connectivity index (χ2v) is 8.98. The highest BCUT2D eigenvalue weighted by molar-refractivity contribution is 6.51. The average Bonchev–Trinajstić information content (AvgIpc) is 3.09. The number of ether oxygens (including phenoxy) is 1. The molecule has 2 heterocycles. The molecule has 0 aliphatic carbocycles. The highest BCUT2D eigenvalue weighted by Crippen LogP contribution is 2.42. The lowest BCUT2D eigenvalue weighted by atomic mass is 9.87. The molecule has 3 aromatic rings. The van der Waals surface area contributed by atoms with Gasteiger partial charge in [0.25, 0.3) is 11.7 Å². The number of aliphatic hydroxyl groups excluding tert-OH is 1. The number of aromatic nitrogens is 1. The first-order valence-corrected chi connectivity index (χ1v) is 10.7. The number of carbonyl (C=O) groups is 2. The van der Waals surface area contributed by atoms with Crippen molar-refractivity contribution in [2.24, 2.45) is 0 Å². The summed E-state index contributed by atoms with van der Waals surface area (Å²) < 4.78 is 5.18. The zero-order valence-corrected chi connectivity index (χ0v) is 19.1. The maximum atomic E-state index is 13.2. The minimum atomic E-state index is -0.782. The van der Waals surface area contributed by atoms with E-state index in [4.69, 9.17) is 4.74 Å². The summed E-state index contributed by atoms with van der Waals surface area (Å²) in [6.45, 7) is 6.33. The molecule has 0 bridgehead atoms. The zero-order chi connectivity index (χ0) is 23.8. The van der Waals surface area contributed by atoms with Gasteiger partial charge in [0, 0.05) is 23.6 Å². The number of Topliss-reactive ketones (excluding diaryl/α,β-unsaturated/α-hetero) is 1. The Hall–Kier alpha value is -3.93. The molecule has 4 rings (SSSR count). The molecule has 1 aromatic heterocycles. The first-order chi connectivity index (χ1) is 15.7. The molecule has 6 nitrogen and oxygen atoms in total. The topological polar surface area (TPSA) is 79.7 Å². The summed E-state index contributed by atoms with van der Waals surface area (Å²) in [5.41, 5.74) is 2.79. The SMILES string of the molecule is COc1ccc(/C(O)=C2\C(=O)C(=O)N(c3ccc(C(C)(C)C)cc3)C2c2ccncc2)cc1. The van der Waals surface area contributed by atoms with Crippen molar-refractivity contribution in [3.8, 4) is 5.75 Å². The Balaban J connectivity index is 1.87. The van der Waals surface area contributed by atoms with E-state index >= 15 is 0 Å². The van der Waals surface area contributed by atoms with Crippen LogP contribution in [0, 0.1) is 0 Å². The van der Waals surface area contributed by atoms with Crippen LogP contribution in [0.3, 0.4) is 0 Å². The lowest BCUT2D eigenvalue weighted by Gasteiger charge is -2.26. The molecule has 1 fully saturated rings. The van der Waals surface area contributed by atoms with Crippen LogP contribution in [0.25, 0.3) is 5.76 Å². The third kappa shape index (κ3) is 4.12. The maximum Gasteiger partial charge on any atom is 0.300 e. The van der Waals surface area contributed by atoms with Gasteiger partial charge in [-0.1, -0.05) is 32.9 Å². The molecule has 0 radical (unpaired) electrons. The summed E-state index contributed by atoms with van der Waals surface area (Å²) in [4.78, 5) is 31.9. The van der Waals surface area contributed by atoms with Crippen LogP contribution in [0.4, 0.5) is 5.69 Å². The van der Waals surface area contributed by atoms with Gasteiger partial charge in [0.2, 0.25) is 0 Å². The summed E-state index contributed by atoms with van der Waals surface area (Å²) in [6, 6.07) is 17.0. The van der Waals surface area contributed by atoms with Crippen LogP contribution in [-0.2, 0) is 15.0 Å². The first-order valence-electron chi connectivity index (χ1n) is 10.7. The number of hydrogen-bond donors (Lipinski definition) is 1. The number of nitrogens with zero attached hydrogens (tertiary/aromatic N) is 2. The van der Waals surface area contributed by atoms with E-state index in [1.165, 1.54) is 4.90 Å². The average molecular weight is 443 g/mol. The van der Waals surface area contributed by atoms with Crippen LogP contribution in [0.15, 0.2) is 78.6 Å². The van der Waals surface area contributed by atoms with E-state index in [1.54, 1.807) is 55.9 Å². The predicted octanol–water partition coefficient (Wildman–Crippen LogP) is 5.01. The number of pyridine rings is 1. The van der Waals surface area contributed by atoms with Crippen LogP contribution in [-0.4, -0.2) is 28.9 Å². The van der Waals surface area contributed by atoms with Gasteiger partial charge in [-0.25, -0.2) is 0 Å². The van der Waals surface area contributed by atoms with Crippen LogP contribution in [0.5, 0.6) is 5.75 Å². The molecule has 2 aromatic carbocycles. The maximum absolute atomic E-state index is 13.2. The number of anilines is 1. The molecule has 1 atom stereocenters. The number of hydrogen-bond acceptors (Lipinski definition) is 5. The molecular formula is C27H26N2O4. The number of methoxy groups -OCH3 is 1. The summed E-state index contributed by atoms with van der Waals surface area (Å²) >= 11 is 0. The molecule has 1 aliphatic heterocycles. The normalized spacial score (nSPS) is 17.9. The van der Waals surface area contributed by atoms with E-state index in [0.717, 1.165) is 5.56 Å². The van der Waals surface area contributed by atoms with Crippen molar-refractivity contribution in [3.63, 3.8) is 0 Å². The molecule has 0 saturated carbocycles. The van der Waals surface area contributed by atoms with Crippen LogP contribution in [0.2, 0.25) is 0 Å². The van der Waals surface area contributed by atoms with E-state index in [-0.39, 0.29) is 16.7 Å². The van der Waals surface area contributed by atoms with Gasteiger partial charge in [0.1, 0.15) is 11.5 Å². The van der Waals surface area contributed by atoms with E-state index in [1.807, 2.05) is 24.3 Å². The van der Waals surface area contributed by atoms with Crippen LogP contribution >= 0.6 is 0 Å². The first kappa shape index (κ1) is 22.3. The number of amides is 1. The van der Waals surface area contributed by atoms with Crippen molar-refractivity contribution in [1.29, 1.82) is 0 Å². The lowest BCUT2D eigenvalue weighted by molar-refractivity contribution is -0.132. The molecule has 1 N–H and O–H groups in total. The number of ketones is 1. The molecule has 1 aliphatic rings. The van der Waals surface area contributed by atoms with Gasteiger partial charge in [0.05, 0.1) is 18.7 Å². The summed E-state index contributed by atoms with van der Waals surface area (Å²) in [5, 5.41) is 11.1. The summed E-state index contributed by atoms with van der Waals surface area (Å²) in [6.07, 6.45) is 3.21. The smallest absolute Gasteiger partial charge is 0.300 e. The lowest BCUT2D eigenvalue weighted by Crippen LogP contribution is -2.29. The van der Waals surface area contributed by atoms with Gasteiger partial charge in [-0.05, 0) is 65.1 Å². The van der Waals surface area contributed by atoms with Crippen LogP contribution < -0.4 is 9.64 Å². The van der Waals surface area contributed by atoms with E-state index in [9.17, 15) is 14.7 Å². The van der Waals surface area contributed by atoms with Crippen molar-refractivity contribution >= 4 is 23.1 Å². The van der Waals surface area contributed by atoms with Gasteiger partial charge < -0.3 is 9.84 Å². The van der Waals surface area contributed by atoms with Gasteiger partial charge in [-0.15, -0.1) is 0 Å². The van der Waals surface area contributed by atoms with Crippen molar-refractivity contribution in [1.82, 2.24) is 4.98 Å². The zero-order valence-electron chi connectivity index (χ0n) is 19.1. The van der Waals surface area contributed by atoms with Gasteiger partial charge in [-0.2, -0.15) is 0 Å². The third-order valence-corrected chi connectivity index (χ3v) is 5.84. The second-order valence-electron chi connectivity index (χ2n) is 8.98. The predicted molar refractivity (Wildman–Crippen MR) is 127 cm³/mol. The van der Waals surface area contributed by atoms with Gasteiger partial charge in [0.15, 0.2) is 0 Å². The summed E-state index contributed by atoms with van der Waals surface area (Å²) in [7, 11) is 1.55. The Morgan fingerprint density at radius 2 is 1.55 bits per heavy atom. The molecule has 168 valence electrons. The quantitative estimate of drug-likeness (QED) is 0.349.